The molecule has 0 aliphatic heterocycles. The second kappa shape index (κ2) is 8.28. The van der Waals surface area contributed by atoms with E-state index < -0.39 is 23.3 Å². The second-order valence-corrected chi connectivity index (χ2v) is 6.49. The average Bonchev–Trinajstić information content (AvgIpc) is 2.69. The van der Waals surface area contributed by atoms with Gasteiger partial charge in [0.15, 0.2) is 0 Å². The number of rotatable bonds is 5. The van der Waals surface area contributed by atoms with Gasteiger partial charge in [0, 0.05) is 22.8 Å². The van der Waals surface area contributed by atoms with Gasteiger partial charge in [-0.15, -0.1) is 0 Å². The monoisotopic (exact) mass is 402 g/mol. The maximum absolute atomic E-state index is 14.4. The molecule has 0 aliphatic rings. The van der Waals surface area contributed by atoms with Gasteiger partial charge in [-0.1, -0.05) is 11.6 Å². The van der Waals surface area contributed by atoms with Crippen LogP contribution in [0.2, 0.25) is 5.02 Å². The third-order valence-electron chi connectivity index (χ3n) is 3.91. The molecule has 2 N–H and O–H groups in total. The number of benzene rings is 1. The topological polar surface area (TPSA) is 97.1 Å². The first-order valence-electron chi connectivity index (χ1n) is 8.32. The van der Waals surface area contributed by atoms with Crippen LogP contribution in [0, 0.1) is 5.82 Å². The lowest BCUT2D eigenvalue weighted by atomic mass is 10.1. The van der Waals surface area contributed by atoms with E-state index in [-0.39, 0.29) is 28.5 Å². The van der Waals surface area contributed by atoms with E-state index in [1.54, 1.807) is 19.1 Å². The molecule has 28 heavy (non-hydrogen) atoms. The smallest absolute Gasteiger partial charge is 0.284 e. The molecule has 2 heterocycles. The quantitative estimate of drug-likeness (QED) is 0.682. The van der Waals surface area contributed by atoms with E-state index in [0.29, 0.717) is 5.69 Å². The lowest BCUT2D eigenvalue weighted by molar-refractivity contribution is 0.0920. The maximum Gasteiger partial charge on any atom is 0.284 e. The van der Waals surface area contributed by atoms with Gasteiger partial charge in [-0.25, -0.2) is 4.39 Å². The van der Waals surface area contributed by atoms with E-state index in [2.05, 4.69) is 15.4 Å². The van der Waals surface area contributed by atoms with Gasteiger partial charge in [0.05, 0.1) is 24.2 Å². The summed E-state index contributed by atoms with van der Waals surface area (Å²) in [4.78, 5) is 29.3. The number of halogens is 2. The van der Waals surface area contributed by atoms with Crippen LogP contribution < -0.4 is 10.9 Å². The molecule has 0 saturated heterocycles. The van der Waals surface area contributed by atoms with Crippen LogP contribution in [0.1, 0.15) is 17.3 Å². The summed E-state index contributed by atoms with van der Waals surface area (Å²) >= 11 is 5.80. The van der Waals surface area contributed by atoms with Crippen LogP contribution in [0.4, 0.5) is 4.39 Å². The molecule has 1 amide bonds. The fourth-order valence-electron chi connectivity index (χ4n) is 2.49. The number of aliphatic hydroxyl groups is 1. The lowest BCUT2D eigenvalue weighted by Crippen LogP contribution is -2.39. The Labute approximate surface area is 164 Å². The van der Waals surface area contributed by atoms with Gasteiger partial charge in [0.25, 0.3) is 11.5 Å². The molecule has 0 bridgehead atoms. The zero-order valence-electron chi connectivity index (χ0n) is 14.8. The first-order chi connectivity index (χ1) is 13.4. The largest absolute Gasteiger partial charge is 0.394 e. The van der Waals surface area contributed by atoms with E-state index in [9.17, 15) is 14.0 Å². The number of carbonyl (C=O) groups is 1. The zero-order chi connectivity index (χ0) is 20.3. The van der Waals surface area contributed by atoms with Crippen molar-refractivity contribution in [1.29, 1.82) is 0 Å². The molecule has 1 aromatic carbocycles. The van der Waals surface area contributed by atoms with Gasteiger partial charge in [0.2, 0.25) is 0 Å². The summed E-state index contributed by atoms with van der Waals surface area (Å²) in [7, 11) is 0. The lowest BCUT2D eigenvalue weighted by Gasteiger charge is -2.13. The van der Waals surface area contributed by atoms with Gasteiger partial charge < -0.3 is 10.4 Å². The Morgan fingerprint density at radius 3 is 2.79 bits per heavy atom. The predicted octanol–water partition coefficient (Wildman–Crippen LogP) is 2.20. The Hall–Kier alpha value is -3.10. The molecule has 144 valence electrons. The molecule has 2 aromatic heterocycles. The normalized spacial score (nSPS) is 11.9. The van der Waals surface area contributed by atoms with Crippen molar-refractivity contribution in [3.63, 3.8) is 0 Å². The van der Waals surface area contributed by atoms with E-state index in [4.69, 9.17) is 16.7 Å². The summed E-state index contributed by atoms with van der Waals surface area (Å²) in [5.74, 6) is -1.35. The van der Waals surface area contributed by atoms with Gasteiger partial charge in [-0.05, 0) is 43.3 Å². The Kier molecular flexibility index (Phi) is 5.81. The van der Waals surface area contributed by atoms with Crippen molar-refractivity contribution in [2.75, 3.05) is 6.61 Å². The van der Waals surface area contributed by atoms with Crippen LogP contribution in [0.3, 0.4) is 0 Å². The van der Waals surface area contributed by atoms with Crippen molar-refractivity contribution in [2.45, 2.75) is 13.0 Å². The van der Waals surface area contributed by atoms with Crippen LogP contribution in [-0.4, -0.2) is 38.4 Å². The van der Waals surface area contributed by atoms with Gasteiger partial charge in [-0.2, -0.15) is 9.78 Å². The van der Waals surface area contributed by atoms with Crippen molar-refractivity contribution in [3.8, 4) is 16.9 Å². The first kappa shape index (κ1) is 19.7. The predicted molar refractivity (Wildman–Crippen MR) is 102 cm³/mol. The van der Waals surface area contributed by atoms with E-state index in [1.165, 1.54) is 30.6 Å². The molecule has 3 aromatic rings. The third kappa shape index (κ3) is 4.08. The molecular weight excluding hydrogens is 387 g/mol. The summed E-state index contributed by atoms with van der Waals surface area (Å²) in [5.41, 5.74) is -0.490. The number of aliphatic hydroxyl groups excluding tert-OH is 1. The highest BCUT2D eigenvalue weighted by atomic mass is 35.5. The minimum absolute atomic E-state index is 0.0689. The van der Waals surface area contributed by atoms with Gasteiger partial charge >= 0.3 is 0 Å². The molecule has 7 nitrogen and oxygen atoms in total. The Balaban J connectivity index is 2.22. The Morgan fingerprint density at radius 2 is 2.14 bits per heavy atom. The minimum Gasteiger partial charge on any atom is -0.394 e. The van der Waals surface area contributed by atoms with Crippen LogP contribution in [0.25, 0.3) is 16.9 Å². The Bertz CT molecular complexity index is 1070. The van der Waals surface area contributed by atoms with Gasteiger partial charge in [0.1, 0.15) is 11.4 Å². The number of nitrogens with one attached hydrogen (secondary N) is 1. The molecule has 3 rings (SSSR count). The fraction of sp³-hybridized carbons (Fsp3) is 0.158. The van der Waals surface area contributed by atoms with E-state index in [1.807, 2.05) is 0 Å². The number of nitrogens with zero attached hydrogens (tertiary/aromatic N) is 3. The van der Waals surface area contributed by atoms with E-state index >= 15 is 0 Å². The molecule has 0 saturated carbocycles. The second-order valence-electron chi connectivity index (χ2n) is 6.05. The van der Waals surface area contributed by atoms with Crippen LogP contribution in [0.5, 0.6) is 0 Å². The fourth-order valence-corrected chi connectivity index (χ4v) is 2.65. The number of pyridine rings is 1. The number of hydrogen-bond acceptors (Lipinski definition) is 5. The highest BCUT2D eigenvalue weighted by molar-refractivity contribution is 6.30. The third-order valence-corrected chi connectivity index (χ3v) is 4.14. The number of amides is 1. The molecule has 9 heteroatoms. The van der Waals surface area contributed by atoms with Crippen molar-refractivity contribution in [2.24, 2.45) is 0 Å². The van der Waals surface area contributed by atoms with Gasteiger partial charge in [-0.3, -0.25) is 14.6 Å². The molecule has 1 atom stereocenters. The zero-order valence-corrected chi connectivity index (χ0v) is 15.5. The molecule has 0 aliphatic carbocycles. The molecule has 1 unspecified atom stereocenters. The highest BCUT2D eigenvalue weighted by Crippen LogP contribution is 2.24. The summed E-state index contributed by atoms with van der Waals surface area (Å²) in [6.07, 6.45) is 2.92. The average molecular weight is 403 g/mol. The van der Waals surface area contributed by atoms with E-state index in [0.717, 1.165) is 10.7 Å². The summed E-state index contributed by atoms with van der Waals surface area (Å²) in [6, 6.07) is 7.84. The van der Waals surface area contributed by atoms with Crippen molar-refractivity contribution < 1.29 is 14.3 Å². The minimum atomic E-state index is -0.706. The molecule has 0 spiro atoms. The summed E-state index contributed by atoms with van der Waals surface area (Å²) in [5, 5.41) is 16.1. The van der Waals surface area contributed by atoms with Crippen LogP contribution >= 0.6 is 11.6 Å². The van der Waals surface area contributed by atoms with Crippen molar-refractivity contribution in [3.05, 3.63) is 75.5 Å². The number of hydrogen-bond donors (Lipinski definition) is 2. The first-order valence-corrected chi connectivity index (χ1v) is 8.70. The van der Waals surface area contributed by atoms with Crippen molar-refractivity contribution in [1.82, 2.24) is 20.1 Å². The summed E-state index contributed by atoms with van der Waals surface area (Å²) < 4.78 is 15.4. The maximum atomic E-state index is 14.4. The van der Waals surface area contributed by atoms with Crippen LogP contribution in [0.15, 0.2) is 53.6 Å². The standard InChI is InChI=1S/C19H16ClFN4O3/c1-11(10-26)23-18(27)15-8-17(14-5-4-12(20)7-16(14)21)24-25(19(15)28)13-3-2-6-22-9-13/h2-9,11,26H,10H2,1H3,(H,23,27). The number of aromatic nitrogens is 3. The van der Waals surface area contributed by atoms with Crippen LogP contribution in [-0.2, 0) is 0 Å². The van der Waals surface area contributed by atoms with Crippen molar-refractivity contribution >= 4 is 17.5 Å². The number of carbonyl (C=O) groups excluding carboxylic acids is 1. The summed E-state index contributed by atoms with van der Waals surface area (Å²) in [6.45, 7) is 1.28. The molecule has 0 fully saturated rings. The molecule has 0 radical (unpaired) electrons. The highest BCUT2D eigenvalue weighted by Gasteiger charge is 2.20. The Morgan fingerprint density at radius 1 is 1.36 bits per heavy atom. The SMILES string of the molecule is CC(CO)NC(=O)c1cc(-c2ccc(Cl)cc2F)nn(-c2cccnc2)c1=O. The molecular formula is C19H16ClFN4O3.